The first kappa shape index (κ1) is 25.2. The average molecular weight is 455 g/mol. The Morgan fingerprint density at radius 1 is 1.18 bits per heavy atom. The maximum absolute atomic E-state index is 13.3. The summed E-state index contributed by atoms with van der Waals surface area (Å²) in [5.41, 5.74) is -0.938. The van der Waals surface area contributed by atoms with Crippen molar-refractivity contribution in [2.75, 3.05) is 7.11 Å². The maximum Gasteiger partial charge on any atom is 0.161 e. The first-order chi connectivity index (χ1) is 15.2. The van der Waals surface area contributed by atoms with Gasteiger partial charge in [0.1, 0.15) is 22.9 Å². The summed E-state index contributed by atoms with van der Waals surface area (Å²) in [7, 11) is 1.64. The van der Waals surface area contributed by atoms with Gasteiger partial charge in [-0.3, -0.25) is 9.59 Å². The molecule has 1 N–H and O–H groups in total. The van der Waals surface area contributed by atoms with Crippen molar-refractivity contribution in [1.29, 1.82) is 0 Å². The number of fused-ring (bicyclic) bond motifs is 1. The van der Waals surface area contributed by atoms with Crippen molar-refractivity contribution in [3.8, 4) is 11.5 Å². The van der Waals surface area contributed by atoms with Crippen LogP contribution in [0.2, 0.25) is 0 Å². The monoisotopic (exact) mass is 454 g/mol. The topological polar surface area (TPSA) is 72.8 Å². The minimum Gasteiger partial charge on any atom is -0.497 e. The first-order valence-corrected chi connectivity index (χ1v) is 11.7. The molecule has 0 aromatic heterocycles. The molecule has 3 rings (SSSR count). The predicted octanol–water partition coefficient (Wildman–Crippen LogP) is 5.61. The van der Waals surface area contributed by atoms with Gasteiger partial charge < -0.3 is 14.6 Å². The van der Waals surface area contributed by atoms with Crippen LogP contribution in [-0.2, 0) is 9.59 Å². The summed E-state index contributed by atoms with van der Waals surface area (Å²) in [6, 6.07) is 3.86. The van der Waals surface area contributed by atoms with Crippen molar-refractivity contribution >= 4 is 17.6 Å². The number of carbonyl (C=O) groups excluding carboxylic acids is 2. The molecule has 1 aromatic rings. The summed E-state index contributed by atoms with van der Waals surface area (Å²) in [5.74, 6) is 1.62. The second kappa shape index (κ2) is 8.75. The second-order valence-corrected chi connectivity index (χ2v) is 11.1. The molecule has 2 aliphatic rings. The molecular weight excluding hydrogens is 416 g/mol. The number of aryl methyl sites for hydroxylation is 1. The molecular formula is C28H38O5. The van der Waals surface area contributed by atoms with Crippen LogP contribution in [-0.4, -0.2) is 35.0 Å². The molecule has 180 valence electrons. The standard InChI is InChI=1S/C28H38O5/c1-19-15-22(32-7)16-20-9-14-27(5,33-24(19)20)18-21(29)17-26(4)11-8-12-28(26,6)23(30)10-13-25(2,3)31/h9-10,13-16,31H,8,11-12,17-18H2,1-7H3. The van der Waals surface area contributed by atoms with Crippen LogP contribution < -0.4 is 9.47 Å². The Balaban J connectivity index is 1.75. The third-order valence-corrected chi connectivity index (χ3v) is 7.52. The molecule has 1 fully saturated rings. The van der Waals surface area contributed by atoms with Gasteiger partial charge in [0.2, 0.25) is 0 Å². The van der Waals surface area contributed by atoms with Crippen LogP contribution in [0.5, 0.6) is 11.5 Å². The highest BCUT2D eigenvalue weighted by Gasteiger charge is 2.53. The van der Waals surface area contributed by atoms with Crippen LogP contribution in [0, 0.1) is 17.8 Å². The van der Waals surface area contributed by atoms with E-state index in [1.807, 2.05) is 45.1 Å². The Bertz CT molecular complexity index is 998. The lowest BCUT2D eigenvalue weighted by Gasteiger charge is -2.40. The quantitative estimate of drug-likeness (QED) is 0.517. The van der Waals surface area contributed by atoms with Gasteiger partial charge in [0.15, 0.2) is 5.78 Å². The smallest absolute Gasteiger partial charge is 0.161 e. The average Bonchev–Trinajstić information content (AvgIpc) is 3.00. The predicted molar refractivity (Wildman–Crippen MR) is 131 cm³/mol. The summed E-state index contributed by atoms with van der Waals surface area (Å²) < 4.78 is 11.7. The molecule has 1 saturated carbocycles. The van der Waals surface area contributed by atoms with Crippen molar-refractivity contribution in [2.24, 2.45) is 10.8 Å². The van der Waals surface area contributed by atoms with E-state index in [1.165, 1.54) is 12.2 Å². The van der Waals surface area contributed by atoms with Gasteiger partial charge in [-0.05, 0) is 75.8 Å². The van der Waals surface area contributed by atoms with Crippen molar-refractivity contribution < 1.29 is 24.2 Å². The van der Waals surface area contributed by atoms with E-state index < -0.39 is 22.0 Å². The Labute approximate surface area is 197 Å². The number of hydrogen-bond donors (Lipinski definition) is 1. The number of methoxy groups -OCH3 is 1. The fourth-order valence-electron chi connectivity index (χ4n) is 5.24. The van der Waals surface area contributed by atoms with Gasteiger partial charge in [0.25, 0.3) is 0 Å². The molecule has 0 saturated heterocycles. The van der Waals surface area contributed by atoms with Crippen molar-refractivity contribution in [1.82, 2.24) is 0 Å². The van der Waals surface area contributed by atoms with Crippen LogP contribution >= 0.6 is 0 Å². The lowest BCUT2D eigenvalue weighted by molar-refractivity contribution is -0.132. The van der Waals surface area contributed by atoms with Crippen LogP contribution in [0.15, 0.2) is 30.4 Å². The normalized spacial score (nSPS) is 29.1. The van der Waals surface area contributed by atoms with E-state index in [2.05, 4.69) is 6.92 Å². The van der Waals surface area contributed by atoms with Gasteiger partial charge in [-0.25, -0.2) is 0 Å². The summed E-state index contributed by atoms with van der Waals surface area (Å²) in [5, 5.41) is 9.98. The maximum atomic E-state index is 13.3. The second-order valence-electron chi connectivity index (χ2n) is 11.1. The molecule has 0 spiro atoms. The number of hydrogen-bond acceptors (Lipinski definition) is 5. The number of aliphatic hydroxyl groups is 1. The van der Waals surface area contributed by atoms with Gasteiger partial charge in [0, 0.05) is 23.8 Å². The summed E-state index contributed by atoms with van der Waals surface area (Å²) >= 11 is 0. The fraction of sp³-hybridized carbons (Fsp3) is 0.571. The number of benzene rings is 1. The number of ether oxygens (including phenoxy) is 2. The lowest BCUT2D eigenvalue weighted by atomic mass is 9.62. The molecule has 3 unspecified atom stereocenters. The van der Waals surface area contributed by atoms with Gasteiger partial charge >= 0.3 is 0 Å². The highest BCUT2D eigenvalue weighted by atomic mass is 16.5. The zero-order valence-corrected chi connectivity index (χ0v) is 21.1. The van der Waals surface area contributed by atoms with Gasteiger partial charge in [0.05, 0.1) is 12.7 Å². The minimum absolute atomic E-state index is 0.0176. The molecule has 0 bridgehead atoms. The van der Waals surface area contributed by atoms with E-state index in [4.69, 9.17) is 9.47 Å². The third-order valence-electron chi connectivity index (χ3n) is 7.52. The zero-order valence-electron chi connectivity index (χ0n) is 21.1. The van der Waals surface area contributed by atoms with Crippen LogP contribution in [0.4, 0.5) is 0 Å². The van der Waals surface area contributed by atoms with Crippen LogP contribution in [0.1, 0.15) is 77.8 Å². The minimum atomic E-state index is -1.05. The molecule has 1 aliphatic carbocycles. The highest BCUT2D eigenvalue weighted by molar-refractivity contribution is 5.96. The molecule has 5 heteroatoms. The lowest BCUT2D eigenvalue weighted by Crippen LogP contribution is -2.42. The largest absolute Gasteiger partial charge is 0.497 e. The highest BCUT2D eigenvalue weighted by Crippen LogP contribution is 2.56. The van der Waals surface area contributed by atoms with E-state index in [-0.39, 0.29) is 18.0 Å². The van der Waals surface area contributed by atoms with Gasteiger partial charge in [-0.1, -0.05) is 32.4 Å². The number of rotatable bonds is 8. The van der Waals surface area contributed by atoms with Crippen LogP contribution in [0.25, 0.3) is 6.08 Å². The van der Waals surface area contributed by atoms with E-state index in [1.54, 1.807) is 21.0 Å². The summed E-state index contributed by atoms with van der Waals surface area (Å²) in [4.78, 5) is 26.4. The number of carbonyl (C=O) groups is 2. The Morgan fingerprint density at radius 3 is 2.52 bits per heavy atom. The van der Waals surface area contributed by atoms with Gasteiger partial charge in [-0.15, -0.1) is 0 Å². The molecule has 33 heavy (non-hydrogen) atoms. The number of ketones is 2. The van der Waals surface area contributed by atoms with Crippen molar-refractivity contribution in [2.45, 2.75) is 84.8 Å². The molecule has 1 aliphatic heterocycles. The molecule has 1 heterocycles. The van der Waals surface area contributed by atoms with Crippen LogP contribution in [0.3, 0.4) is 0 Å². The van der Waals surface area contributed by atoms with E-state index in [0.29, 0.717) is 6.42 Å². The number of Topliss-reactive ketones (excluding diaryl/α,β-unsaturated/α-hetero) is 1. The van der Waals surface area contributed by atoms with E-state index in [9.17, 15) is 14.7 Å². The molecule has 1 aromatic carbocycles. The Morgan fingerprint density at radius 2 is 1.88 bits per heavy atom. The molecule has 0 amide bonds. The molecule has 0 radical (unpaired) electrons. The van der Waals surface area contributed by atoms with Crippen molar-refractivity contribution in [3.63, 3.8) is 0 Å². The number of allylic oxidation sites excluding steroid dienone is 1. The Kier molecular flexibility index (Phi) is 6.69. The first-order valence-electron chi connectivity index (χ1n) is 11.7. The zero-order chi connectivity index (χ0) is 24.7. The van der Waals surface area contributed by atoms with Crippen molar-refractivity contribution in [3.05, 3.63) is 41.5 Å². The molecule has 5 nitrogen and oxygen atoms in total. The Hall–Kier alpha value is -2.40. The van der Waals surface area contributed by atoms with Gasteiger partial charge in [-0.2, -0.15) is 0 Å². The van der Waals surface area contributed by atoms with E-state index in [0.717, 1.165) is 41.9 Å². The van der Waals surface area contributed by atoms with E-state index >= 15 is 0 Å². The fourth-order valence-corrected chi connectivity index (χ4v) is 5.24. The molecule has 3 atom stereocenters. The SMILES string of the molecule is COc1cc(C)c2c(c1)C=CC(C)(CC(=O)CC1(C)CCCC1(C)C(=O)C=CC(C)(C)O)O2. The summed E-state index contributed by atoms with van der Waals surface area (Å²) in [6.45, 7) is 11.2. The third kappa shape index (κ3) is 5.24. The summed E-state index contributed by atoms with van der Waals surface area (Å²) in [6.07, 6.45) is 10.0.